The van der Waals surface area contributed by atoms with Gasteiger partial charge in [-0.15, -0.1) is 0 Å². The van der Waals surface area contributed by atoms with Crippen molar-refractivity contribution in [3.63, 3.8) is 0 Å². The Bertz CT molecular complexity index is 825. The number of amides is 1. The molecule has 2 atom stereocenters. The molecule has 30 heavy (non-hydrogen) atoms. The number of carbonyl (C=O) groups is 1. The topological polar surface area (TPSA) is 60.0 Å². The summed E-state index contributed by atoms with van der Waals surface area (Å²) in [5, 5.41) is 3.08. The first-order valence-corrected chi connectivity index (χ1v) is 10.7. The molecular formula is C24H30N2O4. The molecule has 2 heterocycles. The smallest absolute Gasteiger partial charge is 0.225 e. The van der Waals surface area contributed by atoms with Crippen LogP contribution in [0.1, 0.15) is 31.9 Å². The minimum absolute atomic E-state index is 0.0213. The fourth-order valence-corrected chi connectivity index (χ4v) is 3.83. The van der Waals surface area contributed by atoms with E-state index in [0.717, 1.165) is 36.6 Å². The fraction of sp³-hybridized carbons (Fsp3) is 0.458. The lowest BCUT2D eigenvalue weighted by molar-refractivity contribution is -0.125. The van der Waals surface area contributed by atoms with Crippen LogP contribution >= 0.6 is 0 Å². The lowest BCUT2D eigenvalue weighted by atomic mass is 10.0. The molecule has 1 N–H and O–H groups in total. The monoisotopic (exact) mass is 410 g/mol. The largest absolute Gasteiger partial charge is 0.494 e. The SMILES string of the molecule is CCOc1ccc(N2CC(Oc3ccc([C@H](C)NC(=O)C4CCOC4)cc3)C2)cc1. The minimum Gasteiger partial charge on any atom is -0.494 e. The Hall–Kier alpha value is -2.73. The van der Waals surface area contributed by atoms with Crippen LogP contribution in [0.4, 0.5) is 5.69 Å². The number of benzene rings is 2. The fourth-order valence-electron chi connectivity index (χ4n) is 3.83. The molecule has 0 saturated carbocycles. The zero-order valence-electron chi connectivity index (χ0n) is 17.7. The molecule has 2 aliphatic heterocycles. The number of rotatable bonds is 8. The second-order valence-corrected chi connectivity index (χ2v) is 7.93. The maximum absolute atomic E-state index is 12.3. The van der Waals surface area contributed by atoms with Crippen LogP contribution < -0.4 is 19.7 Å². The van der Waals surface area contributed by atoms with Crippen LogP contribution in [0.2, 0.25) is 0 Å². The predicted octanol–water partition coefficient (Wildman–Crippen LogP) is 3.57. The van der Waals surface area contributed by atoms with E-state index in [4.69, 9.17) is 14.2 Å². The summed E-state index contributed by atoms with van der Waals surface area (Å²) in [5.41, 5.74) is 2.25. The Morgan fingerprint density at radius 1 is 1.13 bits per heavy atom. The first kappa shape index (κ1) is 20.5. The maximum atomic E-state index is 12.3. The van der Waals surface area contributed by atoms with Gasteiger partial charge in [0.15, 0.2) is 0 Å². The highest BCUT2D eigenvalue weighted by Crippen LogP contribution is 2.27. The first-order chi connectivity index (χ1) is 14.6. The Morgan fingerprint density at radius 3 is 2.47 bits per heavy atom. The molecule has 0 radical (unpaired) electrons. The summed E-state index contributed by atoms with van der Waals surface area (Å²) < 4.78 is 16.9. The molecule has 0 bridgehead atoms. The van der Waals surface area contributed by atoms with Crippen LogP contribution in [-0.4, -0.2) is 44.9 Å². The second kappa shape index (κ2) is 9.39. The molecule has 6 heteroatoms. The zero-order chi connectivity index (χ0) is 20.9. The number of hydrogen-bond acceptors (Lipinski definition) is 5. The van der Waals surface area contributed by atoms with Crippen molar-refractivity contribution in [3.05, 3.63) is 54.1 Å². The van der Waals surface area contributed by atoms with Gasteiger partial charge in [-0.05, 0) is 62.2 Å². The summed E-state index contributed by atoms with van der Waals surface area (Å²) >= 11 is 0. The summed E-state index contributed by atoms with van der Waals surface area (Å²) in [5.74, 6) is 1.81. The third-order valence-electron chi connectivity index (χ3n) is 5.70. The van der Waals surface area contributed by atoms with Crippen molar-refractivity contribution in [1.82, 2.24) is 5.32 Å². The van der Waals surface area contributed by atoms with Crippen LogP contribution in [0.3, 0.4) is 0 Å². The van der Waals surface area contributed by atoms with Crippen LogP contribution in [0, 0.1) is 5.92 Å². The standard InChI is InChI=1S/C24H30N2O4/c1-3-29-21-10-6-20(7-11-21)26-14-23(15-26)30-22-8-4-18(5-9-22)17(2)25-24(27)19-12-13-28-16-19/h4-11,17,19,23H,3,12-16H2,1-2H3,(H,25,27)/t17-,19?/m0/s1. The number of carbonyl (C=O) groups excluding carboxylic acids is 1. The molecule has 2 fully saturated rings. The maximum Gasteiger partial charge on any atom is 0.225 e. The quantitative estimate of drug-likeness (QED) is 0.721. The van der Waals surface area contributed by atoms with Gasteiger partial charge in [0.2, 0.25) is 5.91 Å². The van der Waals surface area contributed by atoms with E-state index in [0.29, 0.717) is 19.8 Å². The normalized spacial score (nSPS) is 19.8. The molecule has 0 spiro atoms. The molecule has 0 aromatic heterocycles. The Morgan fingerprint density at radius 2 is 1.83 bits per heavy atom. The van der Waals surface area contributed by atoms with Crippen molar-refractivity contribution < 1.29 is 19.0 Å². The van der Waals surface area contributed by atoms with E-state index in [-0.39, 0.29) is 24.0 Å². The van der Waals surface area contributed by atoms with E-state index in [1.165, 1.54) is 5.69 Å². The lowest BCUT2D eigenvalue weighted by Gasteiger charge is -2.40. The summed E-state index contributed by atoms with van der Waals surface area (Å²) in [7, 11) is 0. The highest BCUT2D eigenvalue weighted by Gasteiger charge is 2.29. The van der Waals surface area contributed by atoms with E-state index in [1.807, 2.05) is 50.2 Å². The third kappa shape index (κ3) is 4.87. The van der Waals surface area contributed by atoms with Crippen molar-refractivity contribution in [2.45, 2.75) is 32.4 Å². The summed E-state index contributed by atoms with van der Waals surface area (Å²) in [6, 6.07) is 16.2. The molecule has 160 valence electrons. The minimum atomic E-state index is -0.0361. The Kier molecular flexibility index (Phi) is 6.43. The number of nitrogens with one attached hydrogen (secondary N) is 1. The average Bonchev–Trinajstić information content (AvgIpc) is 3.27. The predicted molar refractivity (Wildman–Crippen MR) is 116 cm³/mol. The van der Waals surface area contributed by atoms with Crippen LogP contribution in [-0.2, 0) is 9.53 Å². The van der Waals surface area contributed by atoms with Gasteiger partial charge in [0, 0.05) is 12.3 Å². The van der Waals surface area contributed by atoms with E-state index >= 15 is 0 Å². The van der Waals surface area contributed by atoms with Gasteiger partial charge in [0.05, 0.1) is 38.3 Å². The number of nitrogens with zero attached hydrogens (tertiary/aromatic N) is 1. The Labute approximate surface area is 178 Å². The number of anilines is 1. The highest BCUT2D eigenvalue weighted by atomic mass is 16.5. The number of ether oxygens (including phenoxy) is 3. The third-order valence-corrected chi connectivity index (χ3v) is 5.70. The van der Waals surface area contributed by atoms with E-state index < -0.39 is 0 Å². The summed E-state index contributed by atoms with van der Waals surface area (Å²) in [4.78, 5) is 14.6. The summed E-state index contributed by atoms with van der Waals surface area (Å²) in [6.07, 6.45) is 0.988. The van der Waals surface area contributed by atoms with Gasteiger partial charge in [-0.25, -0.2) is 0 Å². The molecule has 2 aromatic rings. The molecule has 2 saturated heterocycles. The zero-order valence-corrected chi connectivity index (χ0v) is 17.7. The van der Waals surface area contributed by atoms with Gasteiger partial charge in [-0.1, -0.05) is 12.1 Å². The van der Waals surface area contributed by atoms with E-state index in [1.54, 1.807) is 0 Å². The van der Waals surface area contributed by atoms with Gasteiger partial charge in [0.25, 0.3) is 0 Å². The van der Waals surface area contributed by atoms with Gasteiger partial charge in [-0.3, -0.25) is 4.79 Å². The van der Waals surface area contributed by atoms with Gasteiger partial charge in [-0.2, -0.15) is 0 Å². The first-order valence-electron chi connectivity index (χ1n) is 10.7. The van der Waals surface area contributed by atoms with E-state index in [2.05, 4.69) is 22.3 Å². The molecule has 1 amide bonds. The molecule has 2 aromatic carbocycles. The van der Waals surface area contributed by atoms with Crippen LogP contribution in [0.25, 0.3) is 0 Å². The van der Waals surface area contributed by atoms with Gasteiger partial charge >= 0.3 is 0 Å². The van der Waals surface area contributed by atoms with Crippen LogP contribution in [0.15, 0.2) is 48.5 Å². The molecule has 1 unspecified atom stereocenters. The van der Waals surface area contributed by atoms with E-state index in [9.17, 15) is 4.79 Å². The highest BCUT2D eigenvalue weighted by molar-refractivity contribution is 5.79. The van der Waals surface area contributed by atoms with Crippen LogP contribution in [0.5, 0.6) is 11.5 Å². The average molecular weight is 411 g/mol. The molecular weight excluding hydrogens is 380 g/mol. The molecule has 4 rings (SSSR count). The molecule has 6 nitrogen and oxygen atoms in total. The van der Waals surface area contributed by atoms with Crippen molar-refractivity contribution in [3.8, 4) is 11.5 Å². The summed E-state index contributed by atoms with van der Waals surface area (Å²) in [6.45, 7) is 7.61. The lowest BCUT2D eigenvalue weighted by Crippen LogP contribution is -2.54. The van der Waals surface area contributed by atoms with Crippen molar-refractivity contribution >= 4 is 11.6 Å². The van der Waals surface area contributed by atoms with Crippen molar-refractivity contribution in [2.75, 3.05) is 37.8 Å². The van der Waals surface area contributed by atoms with Crippen molar-refractivity contribution in [2.24, 2.45) is 5.92 Å². The van der Waals surface area contributed by atoms with Crippen molar-refractivity contribution in [1.29, 1.82) is 0 Å². The van der Waals surface area contributed by atoms with Gasteiger partial charge < -0.3 is 24.4 Å². The van der Waals surface area contributed by atoms with Gasteiger partial charge in [0.1, 0.15) is 17.6 Å². The molecule has 2 aliphatic rings. The second-order valence-electron chi connectivity index (χ2n) is 7.93. The Balaban J connectivity index is 1.23. The number of hydrogen-bond donors (Lipinski definition) is 1. The molecule has 0 aliphatic carbocycles.